The van der Waals surface area contributed by atoms with Gasteiger partial charge in [0.15, 0.2) is 0 Å². The summed E-state index contributed by atoms with van der Waals surface area (Å²) in [5.41, 5.74) is 2.11. The van der Waals surface area contributed by atoms with Crippen LogP contribution in [-0.2, 0) is 4.57 Å². The first-order valence-electron chi connectivity index (χ1n) is 6.28. The largest absolute Gasteiger partial charge is 0.507 e. The average molecular weight is 303 g/mol. The first-order valence-corrected chi connectivity index (χ1v) is 6.28. The lowest BCUT2D eigenvalue weighted by atomic mass is 9.78. The number of hydrogen-bond acceptors (Lipinski definition) is 6. The number of rotatable bonds is 4. The third-order valence-electron chi connectivity index (χ3n) is 2.57. The molecule has 7 nitrogen and oxygen atoms in total. The number of phenolic OH excluding ortho intramolecular Hbond substituents is 1. The number of nitrogens with one attached hydrogen (secondary N) is 1. The molecule has 5 N–H and O–H groups in total. The van der Waals surface area contributed by atoms with Gasteiger partial charge in [0.25, 0.3) is 5.91 Å². The number of para-hydroxylation sites is 1. The number of hydrogen-bond donors (Lipinski definition) is 5. The molecule has 1 amide bonds. The van der Waals surface area contributed by atoms with E-state index in [1.807, 2.05) is 6.07 Å². The number of amides is 1. The second-order valence-electron chi connectivity index (χ2n) is 4.02. The molecule has 0 fully saturated rings. The number of benzene rings is 2. The van der Waals surface area contributed by atoms with Gasteiger partial charge in [0.1, 0.15) is 5.75 Å². The maximum absolute atomic E-state index is 10.7. The van der Waals surface area contributed by atoms with Crippen molar-refractivity contribution in [2.45, 2.75) is 0 Å². The number of phenols is 1. The topological polar surface area (TPSA) is 119 Å². The zero-order valence-corrected chi connectivity index (χ0v) is 11.6. The zero-order valence-electron chi connectivity index (χ0n) is 11.6. The Labute approximate surface area is 128 Å². The summed E-state index contributed by atoms with van der Waals surface area (Å²) in [5, 5.41) is 34.7. The fraction of sp³-hybridized carbons (Fsp3) is 0. The highest BCUT2D eigenvalue weighted by molar-refractivity contribution is 6.63. The molecule has 0 heterocycles. The third-order valence-corrected chi connectivity index (χ3v) is 2.57. The van der Waals surface area contributed by atoms with E-state index in [0.717, 1.165) is 0 Å². The summed E-state index contributed by atoms with van der Waals surface area (Å²) >= 11 is 0. The van der Waals surface area contributed by atoms with E-state index in [0.29, 0.717) is 5.46 Å². The minimum Gasteiger partial charge on any atom is -0.507 e. The normalized spacial score (nSPS) is 9.23. The van der Waals surface area contributed by atoms with Crippen molar-refractivity contribution in [3.05, 3.63) is 60.2 Å². The Balaban J connectivity index is 0.000000220. The third kappa shape index (κ3) is 5.58. The summed E-state index contributed by atoms with van der Waals surface area (Å²) in [6.07, 6.45) is 0. The molecule has 2 aromatic carbocycles. The van der Waals surface area contributed by atoms with Crippen molar-refractivity contribution < 1.29 is 29.7 Å². The van der Waals surface area contributed by atoms with Crippen LogP contribution in [0.15, 0.2) is 54.6 Å². The minimum absolute atomic E-state index is 0.0509. The van der Waals surface area contributed by atoms with Crippen molar-refractivity contribution in [3.8, 4) is 5.75 Å². The first-order chi connectivity index (χ1) is 10.6. The summed E-state index contributed by atoms with van der Waals surface area (Å²) in [6.45, 7) is 0. The Morgan fingerprint density at radius 3 is 2.23 bits per heavy atom. The van der Waals surface area contributed by atoms with Gasteiger partial charge < -0.3 is 19.7 Å². The molecule has 0 radical (unpaired) electrons. The first kappa shape index (κ1) is 17.7. The lowest BCUT2D eigenvalue weighted by molar-refractivity contribution is 0.0703. The van der Waals surface area contributed by atoms with Gasteiger partial charge in [-0.1, -0.05) is 42.5 Å². The van der Waals surface area contributed by atoms with Gasteiger partial charge in [-0.25, -0.2) is 5.48 Å². The molecule has 0 aromatic heterocycles. The van der Waals surface area contributed by atoms with E-state index in [9.17, 15) is 4.79 Å². The smallest absolute Gasteiger partial charge is 0.477 e. The van der Waals surface area contributed by atoms with E-state index >= 15 is 0 Å². The van der Waals surface area contributed by atoms with Gasteiger partial charge in [-0.05, 0) is 17.6 Å². The van der Waals surface area contributed by atoms with Crippen LogP contribution >= 0.6 is 0 Å². The van der Waals surface area contributed by atoms with Crippen molar-refractivity contribution >= 4 is 26.2 Å². The second-order valence-corrected chi connectivity index (χ2v) is 4.02. The van der Waals surface area contributed by atoms with E-state index in [1.165, 1.54) is 17.6 Å². The highest BCUT2D eigenvalue weighted by atomic mass is 16.5. The maximum atomic E-state index is 10.7. The van der Waals surface area contributed by atoms with E-state index in [2.05, 4.69) is 4.57 Å². The summed E-state index contributed by atoms with van der Waals surface area (Å²) in [6, 6.07) is 14.8. The summed E-state index contributed by atoms with van der Waals surface area (Å²) in [7, 11) is -1.50. The minimum atomic E-state index is -1.03. The quantitative estimate of drug-likeness (QED) is 0.285. The molecule has 0 saturated carbocycles. The van der Waals surface area contributed by atoms with Gasteiger partial charge in [-0.2, -0.15) is 0 Å². The van der Waals surface area contributed by atoms with Crippen LogP contribution in [0.3, 0.4) is 0 Å². The number of carbonyl (C=O) groups is 1. The van der Waals surface area contributed by atoms with Gasteiger partial charge in [0, 0.05) is 0 Å². The van der Waals surface area contributed by atoms with Gasteiger partial charge in [-0.3, -0.25) is 10.0 Å². The number of carbonyl (C=O) groups excluding carboxylic acids is 1. The fourth-order valence-corrected chi connectivity index (χ4v) is 1.51. The molecule has 0 atom stereocenters. The van der Waals surface area contributed by atoms with Crippen LogP contribution in [0.1, 0.15) is 10.4 Å². The molecule has 2 rings (SSSR count). The van der Waals surface area contributed by atoms with Crippen molar-refractivity contribution in [3.63, 3.8) is 0 Å². The Kier molecular flexibility index (Phi) is 7.73. The van der Waals surface area contributed by atoms with Crippen LogP contribution in [0, 0.1) is 0 Å². The molecule has 0 saturated heterocycles. The second kappa shape index (κ2) is 9.59. The van der Waals surface area contributed by atoms with Crippen LogP contribution in [0.2, 0.25) is 0 Å². The average Bonchev–Trinajstić information content (AvgIpc) is 2.56. The SMILES string of the molecule is O=C(NO)c1ccccc1O.OBOB(O)c1ccccc1. The van der Waals surface area contributed by atoms with Crippen LogP contribution in [0.5, 0.6) is 5.75 Å². The summed E-state index contributed by atoms with van der Waals surface area (Å²) < 4.78 is 4.54. The van der Waals surface area contributed by atoms with E-state index in [-0.39, 0.29) is 11.3 Å². The van der Waals surface area contributed by atoms with Crippen LogP contribution in [0.4, 0.5) is 0 Å². The predicted molar refractivity (Wildman–Crippen MR) is 81.9 cm³/mol. The van der Waals surface area contributed by atoms with Crippen LogP contribution in [0.25, 0.3) is 0 Å². The molecule has 0 spiro atoms. The van der Waals surface area contributed by atoms with E-state index < -0.39 is 20.7 Å². The Morgan fingerprint density at radius 2 is 1.68 bits per heavy atom. The number of aromatic hydroxyl groups is 1. The summed E-state index contributed by atoms with van der Waals surface area (Å²) in [5.74, 6) is -0.873. The van der Waals surface area contributed by atoms with Crippen LogP contribution < -0.4 is 10.9 Å². The molecule has 0 aliphatic heterocycles. The Morgan fingerprint density at radius 1 is 1.09 bits per heavy atom. The lowest BCUT2D eigenvalue weighted by Crippen LogP contribution is -2.34. The maximum Gasteiger partial charge on any atom is 0.477 e. The Bertz CT molecular complexity index is 584. The molecule has 0 aliphatic carbocycles. The van der Waals surface area contributed by atoms with Crippen LogP contribution in [-0.4, -0.2) is 41.1 Å². The zero-order chi connectivity index (χ0) is 16.4. The standard InChI is InChI=1S/C7H7NO3.C6H8B2O3/c9-6-4-2-1-3-5(6)7(10)8-11;9-7-11-8(10)6-4-2-1-3-5-6/h1-4,9,11H,(H,8,10);1-5,7,9-10H. The molecular formula is C13H15B2NO6. The van der Waals surface area contributed by atoms with Crippen molar-refractivity contribution in [1.82, 2.24) is 5.48 Å². The van der Waals surface area contributed by atoms with Crippen molar-refractivity contribution in [2.24, 2.45) is 0 Å². The van der Waals surface area contributed by atoms with E-state index in [1.54, 1.807) is 36.4 Å². The molecule has 2 aromatic rings. The predicted octanol–water partition coefficient (Wildman–Crippen LogP) is -0.839. The highest BCUT2D eigenvalue weighted by Gasteiger charge is 2.14. The molecule has 114 valence electrons. The Hall–Kier alpha value is -2.32. The van der Waals surface area contributed by atoms with Crippen molar-refractivity contribution in [1.29, 1.82) is 0 Å². The fourth-order valence-electron chi connectivity index (χ4n) is 1.51. The van der Waals surface area contributed by atoms with Gasteiger partial charge in [0.05, 0.1) is 5.56 Å². The molecular weight excluding hydrogens is 288 g/mol. The molecule has 0 aliphatic rings. The molecule has 0 bridgehead atoms. The molecule has 22 heavy (non-hydrogen) atoms. The lowest BCUT2D eigenvalue weighted by Gasteiger charge is -2.03. The van der Waals surface area contributed by atoms with Crippen molar-refractivity contribution in [2.75, 3.05) is 0 Å². The van der Waals surface area contributed by atoms with E-state index in [4.69, 9.17) is 20.4 Å². The monoisotopic (exact) mass is 303 g/mol. The molecule has 9 heteroatoms. The molecule has 0 unspecified atom stereocenters. The van der Waals surface area contributed by atoms with Gasteiger partial charge in [-0.15, -0.1) is 0 Å². The highest BCUT2D eigenvalue weighted by Crippen LogP contribution is 2.14. The van der Waals surface area contributed by atoms with Gasteiger partial charge in [0.2, 0.25) is 0 Å². The number of hydroxylamine groups is 1. The summed E-state index contributed by atoms with van der Waals surface area (Å²) in [4.78, 5) is 10.7. The van der Waals surface area contributed by atoms with Gasteiger partial charge >= 0.3 is 14.8 Å².